The number of benzene rings is 1. The van der Waals surface area contributed by atoms with E-state index in [0.29, 0.717) is 12.2 Å². The second kappa shape index (κ2) is 6.40. The van der Waals surface area contributed by atoms with Crippen molar-refractivity contribution in [1.82, 2.24) is 0 Å². The molecule has 1 fully saturated rings. The zero-order chi connectivity index (χ0) is 13.8. The lowest BCUT2D eigenvalue weighted by molar-refractivity contribution is -0.00521. The Hall–Kier alpha value is -1.06. The van der Waals surface area contributed by atoms with Crippen LogP contribution in [0.15, 0.2) is 24.3 Å². The molecular weight excluding hydrogens is 236 g/mol. The molecule has 1 saturated heterocycles. The van der Waals surface area contributed by atoms with Gasteiger partial charge in [0.05, 0.1) is 12.2 Å². The van der Waals surface area contributed by atoms with Gasteiger partial charge in [-0.1, -0.05) is 19.1 Å². The van der Waals surface area contributed by atoms with Crippen LogP contribution < -0.4 is 10.6 Å². The highest BCUT2D eigenvalue weighted by atomic mass is 16.5. The van der Waals surface area contributed by atoms with Crippen LogP contribution in [0.3, 0.4) is 0 Å². The summed E-state index contributed by atoms with van der Waals surface area (Å²) in [7, 11) is 0. The Morgan fingerprint density at radius 2 is 1.79 bits per heavy atom. The Bertz CT molecular complexity index is 380. The lowest BCUT2D eigenvalue weighted by Crippen LogP contribution is -2.45. The first-order valence-corrected chi connectivity index (χ1v) is 7.33. The van der Waals surface area contributed by atoms with Gasteiger partial charge in [0.1, 0.15) is 0 Å². The first kappa shape index (κ1) is 14.4. The van der Waals surface area contributed by atoms with E-state index in [9.17, 15) is 0 Å². The molecule has 0 bridgehead atoms. The fourth-order valence-electron chi connectivity index (χ4n) is 2.68. The van der Waals surface area contributed by atoms with Gasteiger partial charge in [-0.05, 0) is 44.4 Å². The molecule has 2 rings (SSSR count). The number of rotatable bonds is 4. The minimum atomic E-state index is 0.272. The van der Waals surface area contributed by atoms with Gasteiger partial charge in [0.15, 0.2) is 0 Å². The van der Waals surface area contributed by atoms with Crippen molar-refractivity contribution >= 4 is 5.69 Å². The number of nitrogens with zero attached hydrogens (tertiary/aromatic N) is 1. The Labute approximate surface area is 116 Å². The molecule has 0 saturated carbocycles. The van der Waals surface area contributed by atoms with Crippen LogP contribution in [-0.2, 0) is 11.2 Å². The van der Waals surface area contributed by atoms with Crippen molar-refractivity contribution in [2.45, 2.75) is 51.9 Å². The third-order valence-corrected chi connectivity index (χ3v) is 3.74. The molecule has 0 spiro atoms. The van der Waals surface area contributed by atoms with E-state index in [1.165, 1.54) is 11.3 Å². The third kappa shape index (κ3) is 3.95. The minimum absolute atomic E-state index is 0.272. The van der Waals surface area contributed by atoms with E-state index >= 15 is 0 Å². The first-order chi connectivity index (χ1) is 9.08. The standard InChI is InChI=1S/C16H26N2O/c1-4-15(17)9-14-5-7-16(8-6-14)18-10-12(2)19-13(3)11-18/h5-8,12-13,15H,4,9-11,17H2,1-3H3/t12-,13+,15?. The summed E-state index contributed by atoms with van der Waals surface area (Å²) in [5, 5.41) is 0. The van der Waals surface area contributed by atoms with E-state index in [1.54, 1.807) is 0 Å². The average molecular weight is 262 g/mol. The molecule has 1 heterocycles. The van der Waals surface area contributed by atoms with E-state index in [0.717, 1.165) is 25.9 Å². The van der Waals surface area contributed by atoms with Crippen molar-refractivity contribution in [2.75, 3.05) is 18.0 Å². The monoisotopic (exact) mass is 262 g/mol. The van der Waals surface area contributed by atoms with Crippen molar-refractivity contribution in [3.63, 3.8) is 0 Å². The first-order valence-electron chi connectivity index (χ1n) is 7.33. The summed E-state index contributed by atoms with van der Waals surface area (Å²) in [6.07, 6.45) is 2.60. The molecular formula is C16H26N2O. The minimum Gasteiger partial charge on any atom is -0.372 e. The van der Waals surface area contributed by atoms with Gasteiger partial charge < -0.3 is 15.4 Å². The highest BCUT2D eigenvalue weighted by molar-refractivity contribution is 5.48. The summed E-state index contributed by atoms with van der Waals surface area (Å²) in [5.74, 6) is 0. The number of nitrogens with two attached hydrogens (primary N) is 1. The van der Waals surface area contributed by atoms with Gasteiger partial charge in [-0.3, -0.25) is 0 Å². The molecule has 0 aliphatic carbocycles. The molecule has 0 amide bonds. The van der Waals surface area contributed by atoms with Gasteiger partial charge in [0.25, 0.3) is 0 Å². The predicted molar refractivity (Wildman–Crippen MR) is 80.6 cm³/mol. The molecule has 1 unspecified atom stereocenters. The van der Waals surface area contributed by atoms with E-state index in [-0.39, 0.29) is 6.04 Å². The maximum atomic E-state index is 6.00. The van der Waals surface area contributed by atoms with Crippen LogP contribution >= 0.6 is 0 Å². The van der Waals surface area contributed by atoms with Crippen LogP contribution in [0.1, 0.15) is 32.8 Å². The third-order valence-electron chi connectivity index (χ3n) is 3.74. The molecule has 1 aromatic rings. The number of morpholine rings is 1. The van der Waals surface area contributed by atoms with Gasteiger partial charge in [-0.15, -0.1) is 0 Å². The zero-order valence-electron chi connectivity index (χ0n) is 12.3. The summed E-state index contributed by atoms with van der Waals surface area (Å²) >= 11 is 0. The number of ether oxygens (including phenoxy) is 1. The van der Waals surface area contributed by atoms with Crippen molar-refractivity contribution in [3.05, 3.63) is 29.8 Å². The molecule has 2 N–H and O–H groups in total. The molecule has 0 aromatic heterocycles. The Kier molecular flexibility index (Phi) is 4.83. The van der Waals surface area contributed by atoms with E-state index in [2.05, 4.69) is 49.9 Å². The molecule has 3 nitrogen and oxygen atoms in total. The summed E-state index contributed by atoms with van der Waals surface area (Å²) in [6, 6.07) is 9.10. The van der Waals surface area contributed by atoms with Crippen LogP contribution in [0.5, 0.6) is 0 Å². The summed E-state index contributed by atoms with van der Waals surface area (Å²) in [4.78, 5) is 2.41. The zero-order valence-corrected chi connectivity index (χ0v) is 12.3. The fourth-order valence-corrected chi connectivity index (χ4v) is 2.68. The number of hydrogen-bond donors (Lipinski definition) is 1. The molecule has 1 aromatic carbocycles. The molecule has 3 heteroatoms. The van der Waals surface area contributed by atoms with E-state index in [1.807, 2.05) is 0 Å². The van der Waals surface area contributed by atoms with E-state index in [4.69, 9.17) is 10.5 Å². The average Bonchev–Trinajstić information content (AvgIpc) is 2.38. The van der Waals surface area contributed by atoms with E-state index < -0.39 is 0 Å². The summed E-state index contributed by atoms with van der Waals surface area (Å²) in [5.41, 5.74) is 8.61. The van der Waals surface area contributed by atoms with Crippen LogP contribution in [0.25, 0.3) is 0 Å². The molecule has 0 radical (unpaired) electrons. The molecule has 19 heavy (non-hydrogen) atoms. The molecule has 106 valence electrons. The SMILES string of the molecule is CCC(N)Cc1ccc(N2C[C@@H](C)O[C@@H](C)C2)cc1. The number of hydrogen-bond acceptors (Lipinski definition) is 3. The Balaban J connectivity index is 2.01. The van der Waals surface area contributed by atoms with Gasteiger partial charge in [0.2, 0.25) is 0 Å². The summed E-state index contributed by atoms with van der Waals surface area (Å²) in [6.45, 7) is 8.35. The fraction of sp³-hybridized carbons (Fsp3) is 0.625. The molecule has 1 aliphatic rings. The lowest BCUT2D eigenvalue weighted by atomic mass is 10.0. The van der Waals surface area contributed by atoms with Crippen molar-refractivity contribution in [3.8, 4) is 0 Å². The van der Waals surface area contributed by atoms with Crippen molar-refractivity contribution in [2.24, 2.45) is 5.73 Å². The highest BCUT2D eigenvalue weighted by Gasteiger charge is 2.22. The Morgan fingerprint density at radius 1 is 1.21 bits per heavy atom. The quantitative estimate of drug-likeness (QED) is 0.906. The second-order valence-corrected chi connectivity index (χ2v) is 5.70. The van der Waals surface area contributed by atoms with Gasteiger partial charge in [0, 0.05) is 24.8 Å². The normalized spacial score (nSPS) is 25.4. The van der Waals surface area contributed by atoms with Gasteiger partial charge in [-0.2, -0.15) is 0 Å². The molecule has 1 aliphatic heterocycles. The van der Waals surface area contributed by atoms with Crippen LogP contribution in [-0.4, -0.2) is 31.3 Å². The van der Waals surface area contributed by atoms with Crippen LogP contribution in [0.4, 0.5) is 5.69 Å². The maximum Gasteiger partial charge on any atom is 0.0726 e. The highest BCUT2D eigenvalue weighted by Crippen LogP contribution is 2.21. The maximum absolute atomic E-state index is 6.00. The topological polar surface area (TPSA) is 38.5 Å². The summed E-state index contributed by atoms with van der Waals surface area (Å²) < 4.78 is 5.77. The number of anilines is 1. The smallest absolute Gasteiger partial charge is 0.0726 e. The largest absolute Gasteiger partial charge is 0.372 e. The van der Waals surface area contributed by atoms with Crippen LogP contribution in [0, 0.1) is 0 Å². The lowest BCUT2D eigenvalue weighted by Gasteiger charge is -2.37. The van der Waals surface area contributed by atoms with Gasteiger partial charge >= 0.3 is 0 Å². The molecule has 3 atom stereocenters. The Morgan fingerprint density at radius 3 is 2.32 bits per heavy atom. The predicted octanol–water partition coefficient (Wildman–Crippen LogP) is 2.58. The van der Waals surface area contributed by atoms with Crippen LogP contribution in [0.2, 0.25) is 0 Å². The van der Waals surface area contributed by atoms with Gasteiger partial charge in [-0.25, -0.2) is 0 Å². The van der Waals surface area contributed by atoms with Crippen molar-refractivity contribution < 1.29 is 4.74 Å². The van der Waals surface area contributed by atoms with Crippen molar-refractivity contribution in [1.29, 1.82) is 0 Å². The second-order valence-electron chi connectivity index (χ2n) is 5.70.